The predicted molar refractivity (Wildman–Crippen MR) is 69.9 cm³/mol. The van der Waals surface area contributed by atoms with E-state index in [4.69, 9.17) is 9.47 Å². The average Bonchev–Trinajstić information content (AvgIpc) is 2.42. The van der Waals surface area contributed by atoms with Crippen LogP contribution in [0, 0.1) is 12.8 Å². The number of rotatable bonds is 3. The molecule has 0 aliphatic carbocycles. The molecule has 4 nitrogen and oxygen atoms in total. The van der Waals surface area contributed by atoms with Crippen molar-refractivity contribution in [3.05, 3.63) is 23.8 Å². The number of anilines is 1. The van der Waals surface area contributed by atoms with Crippen LogP contribution in [-0.4, -0.2) is 26.2 Å². The van der Waals surface area contributed by atoms with E-state index in [1.807, 2.05) is 25.1 Å². The number of amides is 1. The summed E-state index contributed by atoms with van der Waals surface area (Å²) in [6.45, 7) is 3.32. The van der Waals surface area contributed by atoms with Crippen LogP contribution >= 0.6 is 0 Å². The van der Waals surface area contributed by atoms with E-state index >= 15 is 0 Å². The van der Waals surface area contributed by atoms with Crippen molar-refractivity contribution in [2.75, 3.05) is 25.6 Å². The van der Waals surface area contributed by atoms with Crippen molar-refractivity contribution in [1.29, 1.82) is 0 Å². The van der Waals surface area contributed by atoms with Gasteiger partial charge in [-0.1, -0.05) is 0 Å². The maximum atomic E-state index is 12.1. The lowest BCUT2D eigenvalue weighted by Crippen LogP contribution is -2.28. The van der Waals surface area contributed by atoms with E-state index in [1.165, 1.54) is 0 Å². The molecule has 0 atom stereocenters. The molecule has 4 heteroatoms. The first kappa shape index (κ1) is 12.9. The number of ether oxygens (including phenoxy) is 2. The summed E-state index contributed by atoms with van der Waals surface area (Å²) in [4.78, 5) is 12.1. The number of carbonyl (C=O) groups excluding carboxylic acids is 1. The third-order valence-electron chi connectivity index (χ3n) is 3.28. The highest BCUT2D eigenvalue weighted by Crippen LogP contribution is 2.23. The number of benzene rings is 1. The number of aryl methyl sites for hydroxylation is 1. The fraction of sp³-hybridized carbons (Fsp3) is 0.500. The van der Waals surface area contributed by atoms with Crippen molar-refractivity contribution in [1.82, 2.24) is 0 Å². The van der Waals surface area contributed by atoms with Crippen molar-refractivity contribution in [2.45, 2.75) is 19.8 Å². The van der Waals surface area contributed by atoms with Gasteiger partial charge in [-0.05, 0) is 43.5 Å². The molecule has 98 valence electrons. The molecule has 1 aliphatic rings. The van der Waals surface area contributed by atoms with E-state index in [0.717, 1.165) is 29.8 Å². The number of nitrogens with one attached hydrogen (secondary N) is 1. The highest BCUT2D eigenvalue weighted by atomic mass is 16.5. The summed E-state index contributed by atoms with van der Waals surface area (Å²) in [7, 11) is 1.63. The van der Waals surface area contributed by atoms with Gasteiger partial charge in [-0.15, -0.1) is 0 Å². The van der Waals surface area contributed by atoms with Crippen LogP contribution in [0.5, 0.6) is 5.75 Å². The SMILES string of the molecule is COc1ccc(NC(=O)C2CCOCC2)c(C)c1. The van der Waals surface area contributed by atoms with Crippen LogP contribution in [0.3, 0.4) is 0 Å². The van der Waals surface area contributed by atoms with Crippen LogP contribution in [-0.2, 0) is 9.53 Å². The maximum Gasteiger partial charge on any atom is 0.227 e. The Balaban J connectivity index is 2.02. The van der Waals surface area contributed by atoms with Crippen molar-refractivity contribution < 1.29 is 14.3 Å². The van der Waals surface area contributed by atoms with Gasteiger partial charge in [0.1, 0.15) is 5.75 Å². The zero-order valence-corrected chi connectivity index (χ0v) is 10.9. The summed E-state index contributed by atoms with van der Waals surface area (Å²) in [6, 6.07) is 5.65. The lowest BCUT2D eigenvalue weighted by molar-refractivity contribution is -0.122. The van der Waals surface area contributed by atoms with Gasteiger partial charge in [-0.25, -0.2) is 0 Å². The molecule has 0 bridgehead atoms. The fourth-order valence-electron chi connectivity index (χ4n) is 2.10. The summed E-state index contributed by atoms with van der Waals surface area (Å²) in [5.41, 5.74) is 1.86. The lowest BCUT2D eigenvalue weighted by atomic mass is 9.99. The molecule has 1 amide bonds. The van der Waals surface area contributed by atoms with Crippen molar-refractivity contribution in [2.24, 2.45) is 5.92 Å². The summed E-state index contributed by atoms with van der Waals surface area (Å²) in [5, 5.41) is 2.98. The second kappa shape index (κ2) is 5.87. The van der Waals surface area contributed by atoms with E-state index < -0.39 is 0 Å². The molecular weight excluding hydrogens is 230 g/mol. The van der Waals surface area contributed by atoms with Gasteiger partial charge in [0.15, 0.2) is 0 Å². The van der Waals surface area contributed by atoms with Crippen molar-refractivity contribution >= 4 is 11.6 Å². The highest BCUT2D eigenvalue weighted by Gasteiger charge is 2.21. The summed E-state index contributed by atoms with van der Waals surface area (Å²) < 4.78 is 10.4. The molecule has 0 unspecified atom stereocenters. The van der Waals surface area contributed by atoms with Gasteiger partial charge in [0.2, 0.25) is 5.91 Å². The van der Waals surface area contributed by atoms with E-state index in [2.05, 4.69) is 5.32 Å². The van der Waals surface area contributed by atoms with Crippen LogP contribution in [0.4, 0.5) is 5.69 Å². The van der Waals surface area contributed by atoms with E-state index in [9.17, 15) is 4.79 Å². The molecule has 0 radical (unpaired) electrons. The number of hydrogen-bond donors (Lipinski definition) is 1. The zero-order chi connectivity index (χ0) is 13.0. The largest absolute Gasteiger partial charge is 0.497 e. The summed E-state index contributed by atoms with van der Waals surface area (Å²) in [5.74, 6) is 0.961. The fourth-order valence-corrected chi connectivity index (χ4v) is 2.10. The van der Waals surface area contributed by atoms with E-state index in [0.29, 0.717) is 13.2 Å². The van der Waals surface area contributed by atoms with Crippen LogP contribution in [0.25, 0.3) is 0 Å². The Morgan fingerprint density at radius 2 is 2.11 bits per heavy atom. The topological polar surface area (TPSA) is 47.6 Å². The smallest absolute Gasteiger partial charge is 0.227 e. The molecule has 0 aromatic heterocycles. The minimum absolute atomic E-state index is 0.0697. The molecule has 18 heavy (non-hydrogen) atoms. The molecule has 1 saturated heterocycles. The predicted octanol–water partition coefficient (Wildman–Crippen LogP) is 2.37. The summed E-state index contributed by atoms with van der Waals surface area (Å²) >= 11 is 0. The van der Waals surface area contributed by atoms with Gasteiger partial charge in [-0.3, -0.25) is 4.79 Å². The molecular formula is C14H19NO3. The molecule has 1 heterocycles. The van der Waals surface area contributed by atoms with Crippen LogP contribution in [0.1, 0.15) is 18.4 Å². The number of methoxy groups -OCH3 is 1. The van der Waals surface area contributed by atoms with Gasteiger partial charge >= 0.3 is 0 Å². The Labute approximate surface area is 107 Å². The molecule has 2 rings (SSSR count). The summed E-state index contributed by atoms with van der Waals surface area (Å²) in [6.07, 6.45) is 1.61. The Kier molecular flexibility index (Phi) is 4.20. The molecule has 0 saturated carbocycles. The van der Waals surface area contributed by atoms with Gasteiger partial charge in [0.25, 0.3) is 0 Å². The van der Waals surface area contributed by atoms with Crippen LogP contribution in [0.2, 0.25) is 0 Å². The Bertz CT molecular complexity index is 425. The van der Waals surface area contributed by atoms with Gasteiger partial charge in [0, 0.05) is 24.8 Å². The monoisotopic (exact) mass is 249 g/mol. The minimum atomic E-state index is 0.0697. The molecule has 1 aromatic carbocycles. The molecule has 1 fully saturated rings. The highest BCUT2D eigenvalue weighted by molar-refractivity contribution is 5.93. The second-order valence-electron chi connectivity index (χ2n) is 4.56. The maximum absolute atomic E-state index is 12.1. The van der Waals surface area contributed by atoms with Gasteiger partial charge < -0.3 is 14.8 Å². The van der Waals surface area contributed by atoms with E-state index in [1.54, 1.807) is 7.11 Å². The molecule has 1 aromatic rings. The quantitative estimate of drug-likeness (QED) is 0.894. The standard InChI is InChI=1S/C14H19NO3/c1-10-9-12(17-2)3-4-13(10)15-14(16)11-5-7-18-8-6-11/h3-4,9,11H,5-8H2,1-2H3,(H,15,16). The minimum Gasteiger partial charge on any atom is -0.497 e. The first-order valence-electron chi connectivity index (χ1n) is 6.24. The third kappa shape index (κ3) is 3.01. The number of carbonyl (C=O) groups is 1. The molecule has 0 spiro atoms. The average molecular weight is 249 g/mol. The second-order valence-corrected chi connectivity index (χ2v) is 4.56. The third-order valence-corrected chi connectivity index (χ3v) is 3.28. The van der Waals surface area contributed by atoms with Crippen LogP contribution in [0.15, 0.2) is 18.2 Å². The lowest BCUT2D eigenvalue weighted by Gasteiger charge is -2.21. The molecule has 1 N–H and O–H groups in total. The van der Waals surface area contributed by atoms with Gasteiger partial charge in [0.05, 0.1) is 7.11 Å². The molecule has 1 aliphatic heterocycles. The zero-order valence-electron chi connectivity index (χ0n) is 10.9. The van der Waals surface area contributed by atoms with E-state index in [-0.39, 0.29) is 11.8 Å². The number of hydrogen-bond acceptors (Lipinski definition) is 3. The van der Waals surface area contributed by atoms with Gasteiger partial charge in [-0.2, -0.15) is 0 Å². The normalized spacial score (nSPS) is 16.3. The first-order valence-corrected chi connectivity index (χ1v) is 6.24. The van der Waals surface area contributed by atoms with Crippen molar-refractivity contribution in [3.63, 3.8) is 0 Å². The van der Waals surface area contributed by atoms with Crippen molar-refractivity contribution in [3.8, 4) is 5.75 Å². The Morgan fingerprint density at radius 3 is 2.72 bits per heavy atom. The first-order chi connectivity index (χ1) is 8.70. The Hall–Kier alpha value is -1.55. The Morgan fingerprint density at radius 1 is 1.39 bits per heavy atom. The van der Waals surface area contributed by atoms with Crippen LogP contribution < -0.4 is 10.1 Å².